The van der Waals surface area contributed by atoms with Crippen molar-refractivity contribution in [3.63, 3.8) is 0 Å². The van der Waals surface area contributed by atoms with Crippen molar-refractivity contribution in [1.29, 1.82) is 0 Å². The summed E-state index contributed by atoms with van der Waals surface area (Å²) >= 11 is 3.64. The van der Waals surface area contributed by atoms with Crippen molar-refractivity contribution >= 4 is 50.7 Å². The highest BCUT2D eigenvalue weighted by Crippen LogP contribution is 2.41. The number of nitrogens with zero attached hydrogens (tertiary/aromatic N) is 3. The number of ether oxygens (including phenoxy) is 1. The van der Waals surface area contributed by atoms with Crippen LogP contribution in [0.4, 0.5) is 11.5 Å². The molecule has 3 aromatic rings. The first-order chi connectivity index (χ1) is 11.2. The second-order valence-electron chi connectivity index (χ2n) is 5.66. The molecule has 0 spiro atoms. The predicted molar refractivity (Wildman–Crippen MR) is 103 cm³/mol. The lowest BCUT2D eigenvalue weighted by Crippen LogP contribution is -2.16. The van der Waals surface area contributed by atoms with Gasteiger partial charge in [0, 0.05) is 28.2 Å². The monoisotopic (exact) mass is 405 g/mol. The van der Waals surface area contributed by atoms with Crippen molar-refractivity contribution in [1.82, 2.24) is 9.97 Å². The highest BCUT2D eigenvalue weighted by molar-refractivity contribution is 9.10. The van der Waals surface area contributed by atoms with E-state index in [9.17, 15) is 0 Å². The molecule has 0 atom stereocenters. The van der Waals surface area contributed by atoms with E-state index >= 15 is 0 Å². The fraction of sp³-hybridized carbons (Fsp3) is 0.222. The highest BCUT2D eigenvalue weighted by Gasteiger charge is 2.25. The van der Waals surface area contributed by atoms with E-state index in [0.29, 0.717) is 0 Å². The summed E-state index contributed by atoms with van der Waals surface area (Å²) in [6.45, 7) is 3.08. The fourth-order valence-electron chi connectivity index (χ4n) is 3.23. The maximum absolute atomic E-state index is 5.30. The van der Waals surface area contributed by atoms with Crippen LogP contribution in [0.2, 0.25) is 0 Å². The van der Waals surface area contributed by atoms with Gasteiger partial charge in [-0.15, -0.1) is 12.4 Å². The minimum absolute atomic E-state index is 0. The second-order valence-corrected chi connectivity index (χ2v) is 6.52. The molecule has 0 radical (unpaired) electrons. The van der Waals surface area contributed by atoms with Gasteiger partial charge in [0.25, 0.3) is 0 Å². The minimum Gasteiger partial charge on any atom is -0.497 e. The Labute approximate surface area is 155 Å². The Kier molecular flexibility index (Phi) is 4.65. The summed E-state index contributed by atoms with van der Waals surface area (Å²) in [6.07, 6.45) is 2.66. The molecule has 1 aromatic heterocycles. The number of halogens is 2. The van der Waals surface area contributed by atoms with Gasteiger partial charge in [0.15, 0.2) is 0 Å². The van der Waals surface area contributed by atoms with Gasteiger partial charge in [-0.25, -0.2) is 9.97 Å². The van der Waals surface area contributed by atoms with E-state index in [4.69, 9.17) is 4.74 Å². The molecule has 0 fully saturated rings. The van der Waals surface area contributed by atoms with Gasteiger partial charge in [0.2, 0.25) is 0 Å². The number of hydrogen-bond acceptors (Lipinski definition) is 4. The third-order valence-corrected chi connectivity index (χ3v) is 5.26. The van der Waals surface area contributed by atoms with Crippen molar-refractivity contribution in [3.8, 4) is 5.75 Å². The maximum Gasteiger partial charge on any atom is 0.144 e. The van der Waals surface area contributed by atoms with Crippen LogP contribution in [-0.4, -0.2) is 23.6 Å². The summed E-state index contributed by atoms with van der Waals surface area (Å²) in [5, 5.41) is 1.04. The Morgan fingerprint density at radius 2 is 2.00 bits per heavy atom. The standard InChI is InChI=1S/C18H16BrN3O.ClH/c1-11-15(19)6-3-12-7-8-22(17(11)12)18-14-5-4-13(23-2)9-16(14)20-10-21-18;/h3-6,9-10H,7-8H2,1-2H3;1H. The van der Waals surface area contributed by atoms with Crippen LogP contribution in [-0.2, 0) is 6.42 Å². The Balaban J connectivity index is 0.00000169. The fourth-order valence-corrected chi connectivity index (χ4v) is 3.55. The van der Waals surface area contributed by atoms with E-state index in [1.807, 2.05) is 18.2 Å². The van der Waals surface area contributed by atoms with Crippen molar-refractivity contribution in [2.75, 3.05) is 18.6 Å². The summed E-state index contributed by atoms with van der Waals surface area (Å²) in [4.78, 5) is 11.3. The first-order valence-corrected chi connectivity index (χ1v) is 8.32. The van der Waals surface area contributed by atoms with Crippen LogP contribution in [0.25, 0.3) is 10.9 Å². The summed E-state index contributed by atoms with van der Waals surface area (Å²) < 4.78 is 6.43. The Morgan fingerprint density at radius 1 is 1.17 bits per heavy atom. The molecule has 0 bridgehead atoms. The minimum atomic E-state index is 0. The normalized spacial score (nSPS) is 12.9. The molecule has 2 heterocycles. The van der Waals surface area contributed by atoms with Crippen LogP contribution in [0.5, 0.6) is 5.75 Å². The zero-order chi connectivity index (χ0) is 16.0. The Bertz CT molecular complexity index is 916. The van der Waals surface area contributed by atoms with Gasteiger partial charge in [0.1, 0.15) is 17.9 Å². The lowest BCUT2D eigenvalue weighted by molar-refractivity contribution is 0.415. The number of benzene rings is 2. The quantitative estimate of drug-likeness (QED) is 0.611. The third-order valence-electron chi connectivity index (χ3n) is 4.40. The number of rotatable bonds is 2. The number of anilines is 2. The molecule has 1 aliphatic heterocycles. The third kappa shape index (κ3) is 2.62. The van der Waals surface area contributed by atoms with Crippen molar-refractivity contribution < 1.29 is 4.74 Å². The van der Waals surface area contributed by atoms with E-state index < -0.39 is 0 Å². The molecule has 6 heteroatoms. The van der Waals surface area contributed by atoms with Crippen LogP contribution in [0.3, 0.4) is 0 Å². The lowest BCUT2D eigenvalue weighted by Gasteiger charge is -2.22. The molecule has 0 aliphatic carbocycles. The van der Waals surface area contributed by atoms with Crippen LogP contribution >= 0.6 is 28.3 Å². The van der Waals surface area contributed by atoms with Crippen LogP contribution < -0.4 is 9.64 Å². The van der Waals surface area contributed by atoms with Gasteiger partial charge in [0.05, 0.1) is 12.6 Å². The average Bonchev–Trinajstić information content (AvgIpc) is 3.01. The lowest BCUT2D eigenvalue weighted by atomic mass is 10.1. The van der Waals surface area contributed by atoms with Gasteiger partial charge in [-0.3, -0.25) is 0 Å². The van der Waals surface area contributed by atoms with Gasteiger partial charge < -0.3 is 9.64 Å². The Morgan fingerprint density at radius 3 is 2.79 bits per heavy atom. The zero-order valence-electron chi connectivity index (χ0n) is 13.4. The number of hydrogen-bond donors (Lipinski definition) is 0. The molecule has 4 rings (SSSR count). The first kappa shape index (κ1) is 17.0. The molecule has 1 aliphatic rings. The molecule has 2 aromatic carbocycles. The molecule has 24 heavy (non-hydrogen) atoms. The van der Waals surface area contributed by atoms with Crippen LogP contribution in [0.1, 0.15) is 11.1 Å². The van der Waals surface area contributed by atoms with E-state index in [1.54, 1.807) is 13.4 Å². The Hall–Kier alpha value is -1.85. The number of aromatic nitrogens is 2. The van der Waals surface area contributed by atoms with Crippen LogP contribution in [0, 0.1) is 6.92 Å². The van der Waals surface area contributed by atoms with E-state index in [1.165, 1.54) is 16.8 Å². The van der Waals surface area contributed by atoms with Gasteiger partial charge >= 0.3 is 0 Å². The SMILES string of the molecule is COc1ccc2c(N3CCc4ccc(Br)c(C)c43)ncnc2c1.Cl. The predicted octanol–water partition coefficient (Wildman–Crippen LogP) is 4.83. The largest absolute Gasteiger partial charge is 0.497 e. The molecule has 4 nitrogen and oxygen atoms in total. The summed E-state index contributed by atoms with van der Waals surface area (Å²) in [5.41, 5.74) is 4.77. The highest BCUT2D eigenvalue weighted by atomic mass is 79.9. The summed E-state index contributed by atoms with van der Waals surface area (Å²) in [7, 11) is 1.67. The summed E-state index contributed by atoms with van der Waals surface area (Å²) in [5.74, 6) is 1.76. The molecule has 0 amide bonds. The van der Waals surface area contributed by atoms with Gasteiger partial charge in [-0.05, 0) is 42.7 Å². The maximum atomic E-state index is 5.30. The van der Waals surface area contributed by atoms with Crippen LogP contribution in [0.15, 0.2) is 41.1 Å². The van der Waals surface area contributed by atoms with Gasteiger partial charge in [-0.1, -0.05) is 22.0 Å². The molecule has 0 unspecified atom stereocenters. The van der Waals surface area contributed by atoms with Crippen molar-refractivity contribution in [3.05, 3.63) is 52.3 Å². The van der Waals surface area contributed by atoms with Crippen molar-refractivity contribution in [2.45, 2.75) is 13.3 Å². The topological polar surface area (TPSA) is 38.2 Å². The second kappa shape index (κ2) is 6.57. The van der Waals surface area contributed by atoms with Crippen molar-refractivity contribution in [2.24, 2.45) is 0 Å². The van der Waals surface area contributed by atoms with E-state index in [2.05, 4.69) is 49.9 Å². The zero-order valence-corrected chi connectivity index (χ0v) is 15.8. The molecule has 0 N–H and O–H groups in total. The molecule has 0 saturated carbocycles. The summed E-state index contributed by atoms with van der Waals surface area (Å²) in [6, 6.07) is 10.3. The number of methoxy groups -OCH3 is 1. The molecular weight excluding hydrogens is 390 g/mol. The average molecular weight is 407 g/mol. The molecule has 124 valence electrons. The first-order valence-electron chi connectivity index (χ1n) is 7.53. The van der Waals surface area contributed by atoms with E-state index in [0.717, 1.165) is 39.9 Å². The molecule has 0 saturated heterocycles. The molecular formula is C18H17BrClN3O. The number of fused-ring (bicyclic) bond motifs is 2. The smallest absolute Gasteiger partial charge is 0.144 e. The van der Waals surface area contributed by atoms with E-state index in [-0.39, 0.29) is 12.4 Å². The van der Waals surface area contributed by atoms with Gasteiger partial charge in [-0.2, -0.15) is 0 Å².